The monoisotopic (exact) mass is 188 g/mol. The maximum Gasteiger partial charge on any atom is 0.119 e. The summed E-state index contributed by atoms with van der Waals surface area (Å²) in [5.41, 5.74) is 0.890. The molecule has 0 saturated carbocycles. The van der Waals surface area contributed by atoms with Crippen LogP contribution < -0.4 is 4.74 Å². The summed E-state index contributed by atoms with van der Waals surface area (Å²) < 4.78 is 5.59. The van der Waals surface area contributed by atoms with Crippen LogP contribution in [0.3, 0.4) is 0 Å². The van der Waals surface area contributed by atoms with Crippen LogP contribution in [0, 0.1) is 18.3 Å². The molecule has 1 aromatic carbocycles. The van der Waals surface area contributed by atoms with Crippen molar-refractivity contribution in [2.75, 3.05) is 6.61 Å². The molecular weight excluding hydrogens is 172 g/mol. The standard InChI is InChI=1S/C13H16O/c1-4-11(3)10-14-13-8-6-12(5-2)7-9-13/h2,6-9,11H,4,10H2,1,3H3/t11-/m0/s1. The molecule has 0 fully saturated rings. The third-order valence-corrected chi connectivity index (χ3v) is 2.25. The first-order valence-corrected chi connectivity index (χ1v) is 4.95. The summed E-state index contributed by atoms with van der Waals surface area (Å²) in [7, 11) is 0. The van der Waals surface area contributed by atoms with Crippen molar-refractivity contribution >= 4 is 0 Å². The van der Waals surface area contributed by atoms with Crippen LogP contribution >= 0.6 is 0 Å². The van der Waals surface area contributed by atoms with Crippen LogP contribution in [0.5, 0.6) is 5.75 Å². The summed E-state index contributed by atoms with van der Waals surface area (Å²) in [6, 6.07) is 7.62. The van der Waals surface area contributed by atoms with E-state index in [0.717, 1.165) is 24.3 Å². The molecule has 1 atom stereocenters. The molecule has 1 heteroatoms. The Morgan fingerprint density at radius 3 is 2.50 bits per heavy atom. The van der Waals surface area contributed by atoms with Gasteiger partial charge in [0.1, 0.15) is 5.75 Å². The SMILES string of the molecule is C#Cc1ccc(OC[C@@H](C)CC)cc1. The highest BCUT2D eigenvalue weighted by Crippen LogP contribution is 2.13. The van der Waals surface area contributed by atoms with Gasteiger partial charge in [0, 0.05) is 5.56 Å². The van der Waals surface area contributed by atoms with Gasteiger partial charge in [0.2, 0.25) is 0 Å². The van der Waals surface area contributed by atoms with Gasteiger partial charge in [-0.3, -0.25) is 0 Å². The fourth-order valence-electron chi connectivity index (χ4n) is 1.00. The lowest BCUT2D eigenvalue weighted by atomic mass is 10.1. The molecule has 0 aliphatic carbocycles. The molecule has 1 rings (SSSR count). The summed E-state index contributed by atoms with van der Waals surface area (Å²) in [5, 5.41) is 0. The fourth-order valence-corrected chi connectivity index (χ4v) is 1.00. The van der Waals surface area contributed by atoms with Crippen LogP contribution in [-0.4, -0.2) is 6.61 Å². The van der Waals surface area contributed by atoms with E-state index in [2.05, 4.69) is 19.8 Å². The van der Waals surface area contributed by atoms with E-state index in [1.54, 1.807) is 0 Å². The van der Waals surface area contributed by atoms with Gasteiger partial charge < -0.3 is 4.74 Å². The number of rotatable bonds is 4. The van der Waals surface area contributed by atoms with Crippen molar-refractivity contribution in [3.05, 3.63) is 29.8 Å². The van der Waals surface area contributed by atoms with Crippen LogP contribution in [0.15, 0.2) is 24.3 Å². The van der Waals surface area contributed by atoms with Crippen LogP contribution in [0.1, 0.15) is 25.8 Å². The summed E-state index contributed by atoms with van der Waals surface area (Å²) >= 11 is 0. The number of hydrogen-bond donors (Lipinski definition) is 0. The van der Waals surface area contributed by atoms with Crippen molar-refractivity contribution < 1.29 is 4.74 Å². The third-order valence-electron chi connectivity index (χ3n) is 2.25. The predicted molar refractivity (Wildman–Crippen MR) is 59.3 cm³/mol. The number of hydrogen-bond acceptors (Lipinski definition) is 1. The van der Waals surface area contributed by atoms with Gasteiger partial charge in [-0.25, -0.2) is 0 Å². The normalized spacial score (nSPS) is 11.8. The van der Waals surface area contributed by atoms with Crippen molar-refractivity contribution in [1.82, 2.24) is 0 Å². The van der Waals surface area contributed by atoms with Gasteiger partial charge in [0.25, 0.3) is 0 Å². The summed E-state index contributed by atoms with van der Waals surface area (Å²) in [5.74, 6) is 4.07. The third kappa shape index (κ3) is 3.14. The van der Waals surface area contributed by atoms with Crippen LogP contribution in [0.2, 0.25) is 0 Å². The molecule has 0 saturated heterocycles. The van der Waals surface area contributed by atoms with Gasteiger partial charge in [-0.2, -0.15) is 0 Å². The molecule has 0 N–H and O–H groups in total. The zero-order valence-electron chi connectivity index (χ0n) is 8.79. The highest BCUT2D eigenvalue weighted by atomic mass is 16.5. The van der Waals surface area contributed by atoms with E-state index in [-0.39, 0.29) is 0 Å². The zero-order chi connectivity index (χ0) is 10.4. The van der Waals surface area contributed by atoms with E-state index in [1.807, 2.05) is 24.3 Å². The van der Waals surface area contributed by atoms with Crippen molar-refractivity contribution in [3.8, 4) is 18.1 Å². The molecule has 0 bridgehead atoms. The lowest BCUT2D eigenvalue weighted by Gasteiger charge is -2.10. The lowest BCUT2D eigenvalue weighted by Crippen LogP contribution is -2.06. The first-order chi connectivity index (χ1) is 6.76. The second kappa shape index (κ2) is 5.34. The minimum Gasteiger partial charge on any atom is -0.493 e. The Kier molecular flexibility index (Phi) is 4.07. The smallest absolute Gasteiger partial charge is 0.119 e. The quantitative estimate of drug-likeness (QED) is 0.660. The summed E-state index contributed by atoms with van der Waals surface area (Å²) in [4.78, 5) is 0. The van der Waals surface area contributed by atoms with Crippen molar-refractivity contribution in [2.24, 2.45) is 5.92 Å². The van der Waals surface area contributed by atoms with E-state index in [0.29, 0.717) is 5.92 Å². The second-order valence-corrected chi connectivity index (χ2v) is 3.49. The highest BCUT2D eigenvalue weighted by molar-refractivity contribution is 5.36. The molecule has 74 valence electrons. The summed E-state index contributed by atoms with van der Waals surface area (Å²) in [6.45, 7) is 5.11. The molecule has 0 unspecified atom stereocenters. The fraction of sp³-hybridized carbons (Fsp3) is 0.385. The zero-order valence-corrected chi connectivity index (χ0v) is 8.79. The van der Waals surface area contributed by atoms with E-state index in [1.165, 1.54) is 0 Å². The lowest BCUT2D eigenvalue weighted by molar-refractivity contribution is 0.256. The van der Waals surface area contributed by atoms with Crippen molar-refractivity contribution in [2.45, 2.75) is 20.3 Å². The Labute approximate surface area is 86.1 Å². The molecule has 0 aliphatic heterocycles. The van der Waals surface area contributed by atoms with Gasteiger partial charge >= 0.3 is 0 Å². The minimum absolute atomic E-state index is 0.599. The topological polar surface area (TPSA) is 9.23 Å². The van der Waals surface area contributed by atoms with Gasteiger partial charge in [-0.05, 0) is 30.2 Å². The van der Waals surface area contributed by atoms with Gasteiger partial charge in [0.15, 0.2) is 0 Å². The van der Waals surface area contributed by atoms with E-state index >= 15 is 0 Å². The predicted octanol–water partition coefficient (Wildman–Crippen LogP) is 3.09. The molecule has 0 aliphatic rings. The van der Waals surface area contributed by atoms with Gasteiger partial charge in [0.05, 0.1) is 6.61 Å². The van der Waals surface area contributed by atoms with E-state index in [9.17, 15) is 0 Å². The Morgan fingerprint density at radius 1 is 1.36 bits per heavy atom. The first kappa shape index (κ1) is 10.7. The maximum absolute atomic E-state index is 5.59. The maximum atomic E-state index is 5.59. The molecule has 0 radical (unpaired) electrons. The molecule has 0 aromatic heterocycles. The number of ether oxygens (including phenoxy) is 1. The highest BCUT2D eigenvalue weighted by Gasteiger charge is 1.99. The summed E-state index contributed by atoms with van der Waals surface area (Å²) in [6.07, 6.45) is 6.39. The molecule has 1 aromatic rings. The van der Waals surface area contributed by atoms with Crippen LogP contribution in [0.25, 0.3) is 0 Å². The minimum atomic E-state index is 0.599. The Balaban J connectivity index is 2.49. The van der Waals surface area contributed by atoms with Crippen LogP contribution in [0.4, 0.5) is 0 Å². The first-order valence-electron chi connectivity index (χ1n) is 4.95. The Morgan fingerprint density at radius 2 is 2.00 bits per heavy atom. The van der Waals surface area contributed by atoms with Crippen molar-refractivity contribution in [3.63, 3.8) is 0 Å². The molecule has 0 amide bonds. The number of terminal acetylenes is 1. The van der Waals surface area contributed by atoms with Crippen LogP contribution in [-0.2, 0) is 0 Å². The Bertz CT molecular complexity index is 305. The molecule has 1 nitrogen and oxygen atoms in total. The van der Waals surface area contributed by atoms with Gasteiger partial charge in [-0.15, -0.1) is 6.42 Å². The average molecular weight is 188 g/mol. The van der Waals surface area contributed by atoms with Crippen molar-refractivity contribution in [1.29, 1.82) is 0 Å². The van der Waals surface area contributed by atoms with Gasteiger partial charge in [-0.1, -0.05) is 26.2 Å². The largest absolute Gasteiger partial charge is 0.493 e. The second-order valence-electron chi connectivity index (χ2n) is 3.49. The molecular formula is C13H16O. The average Bonchev–Trinajstić information content (AvgIpc) is 2.26. The van der Waals surface area contributed by atoms with E-state index < -0.39 is 0 Å². The van der Waals surface area contributed by atoms with E-state index in [4.69, 9.17) is 11.2 Å². The molecule has 14 heavy (non-hydrogen) atoms. The molecule has 0 heterocycles. The number of benzene rings is 1. The molecule has 0 spiro atoms. The Hall–Kier alpha value is -1.42.